The average Bonchev–Trinajstić information content (AvgIpc) is 2.51. The monoisotopic (exact) mass is 194 g/mol. The molecule has 1 aliphatic heterocycles. The first-order valence-corrected chi connectivity index (χ1v) is 5.21. The van der Waals surface area contributed by atoms with Crippen LogP contribution in [0.4, 0.5) is 0 Å². The topological polar surface area (TPSA) is 35.5 Å². The van der Waals surface area contributed by atoms with Gasteiger partial charge in [0.2, 0.25) is 0 Å². The Morgan fingerprint density at radius 2 is 2.43 bits per heavy atom. The fraction of sp³-hybridized carbons (Fsp3) is 0.727. The van der Waals surface area contributed by atoms with Crippen molar-refractivity contribution in [3.05, 3.63) is 11.6 Å². The molecule has 0 aromatic carbocycles. The van der Waals surface area contributed by atoms with Crippen LogP contribution in [0.25, 0.3) is 0 Å². The standard InChI is InChI=1S/C11H14O3/c1-13-11(12)9-4-8-7-2-6(9)3-10(8)14-5-7/h4,6-8,10H,2-3,5H2,1H3/t6-,7+,8+,10+/m1/s1. The molecule has 3 heteroatoms. The smallest absolute Gasteiger partial charge is 0.333 e. The summed E-state index contributed by atoms with van der Waals surface area (Å²) < 4.78 is 10.5. The van der Waals surface area contributed by atoms with Gasteiger partial charge in [0.15, 0.2) is 0 Å². The minimum Gasteiger partial charge on any atom is -0.466 e. The largest absolute Gasteiger partial charge is 0.466 e. The van der Waals surface area contributed by atoms with E-state index in [-0.39, 0.29) is 5.97 Å². The first-order chi connectivity index (χ1) is 6.79. The summed E-state index contributed by atoms with van der Waals surface area (Å²) in [5, 5.41) is 0. The van der Waals surface area contributed by atoms with Crippen LogP contribution in [0, 0.1) is 17.8 Å². The molecule has 0 N–H and O–H groups in total. The quantitative estimate of drug-likeness (QED) is 0.587. The van der Waals surface area contributed by atoms with Crippen LogP contribution in [0.3, 0.4) is 0 Å². The van der Waals surface area contributed by atoms with Crippen LogP contribution < -0.4 is 0 Å². The van der Waals surface area contributed by atoms with E-state index in [0.29, 0.717) is 23.9 Å². The van der Waals surface area contributed by atoms with Gasteiger partial charge in [-0.15, -0.1) is 0 Å². The van der Waals surface area contributed by atoms with Crippen molar-refractivity contribution in [2.75, 3.05) is 13.7 Å². The number of esters is 1. The van der Waals surface area contributed by atoms with E-state index in [1.54, 1.807) is 0 Å². The molecule has 1 saturated carbocycles. The van der Waals surface area contributed by atoms with Crippen molar-refractivity contribution >= 4 is 5.97 Å². The van der Waals surface area contributed by atoms with Gasteiger partial charge < -0.3 is 9.47 Å². The van der Waals surface area contributed by atoms with Crippen molar-refractivity contribution in [2.45, 2.75) is 18.9 Å². The van der Waals surface area contributed by atoms with Crippen molar-refractivity contribution in [2.24, 2.45) is 17.8 Å². The zero-order valence-corrected chi connectivity index (χ0v) is 8.23. The lowest BCUT2D eigenvalue weighted by molar-refractivity contribution is -0.137. The molecule has 4 rings (SSSR count). The Morgan fingerprint density at radius 1 is 1.57 bits per heavy atom. The molecule has 2 fully saturated rings. The molecule has 1 saturated heterocycles. The number of hydrogen-bond donors (Lipinski definition) is 0. The maximum atomic E-state index is 11.5. The van der Waals surface area contributed by atoms with E-state index in [0.717, 1.165) is 25.0 Å². The summed E-state index contributed by atoms with van der Waals surface area (Å²) >= 11 is 0. The van der Waals surface area contributed by atoms with Crippen LogP contribution >= 0.6 is 0 Å². The van der Waals surface area contributed by atoms with Crippen molar-refractivity contribution in [1.29, 1.82) is 0 Å². The van der Waals surface area contributed by atoms with Crippen molar-refractivity contribution in [3.63, 3.8) is 0 Å². The first kappa shape index (κ1) is 8.48. The molecule has 76 valence electrons. The number of rotatable bonds is 1. The summed E-state index contributed by atoms with van der Waals surface area (Å²) in [5.74, 6) is 1.39. The van der Waals surface area contributed by atoms with Crippen LogP contribution in [0.1, 0.15) is 12.8 Å². The highest BCUT2D eigenvalue weighted by molar-refractivity contribution is 5.89. The zero-order chi connectivity index (χ0) is 9.71. The lowest BCUT2D eigenvalue weighted by Crippen LogP contribution is -2.37. The fourth-order valence-corrected chi connectivity index (χ4v) is 3.16. The van der Waals surface area contributed by atoms with E-state index < -0.39 is 0 Å². The highest BCUT2D eigenvalue weighted by Gasteiger charge is 2.48. The van der Waals surface area contributed by atoms with E-state index >= 15 is 0 Å². The SMILES string of the molecule is COC(=O)C1=C[C@H]2[C@@H]3CO[C@H]2C[C@H]1C3. The fourth-order valence-electron chi connectivity index (χ4n) is 3.16. The average molecular weight is 194 g/mol. The second kappa shape index (κ2) is 2.83. The Hall–Kier alpha value is -0.830. The van der Waals surface area contributed by atoms with E-state index in [2.05, 4.69) is 6.08 Å². The molecule has 0 aromatic rings. The van der Waals surface area contributed by atoms with Gasteiger partial charge in [0.1, 0.15) is 0 Å². The summed E-state index contributed by atoms with van der Waals surface area (Å²) in [6, 6.07) is 0. The lowest BCUT2D eigenvalue weighted by Gasteiger charge is -2.38. The predicted molar refractivity (Wildman–Crippen MR) is 49.5 cm³/mol. The summed E-state index contributed by atoms with van der Waals surface area (Å²) in [5.41, 5.74) is 0.899. The Morgan fingerprint density at radius 3 is 3.07 bits per heavy atom. The van der Waals surface area contributed by atoms with Crippen molar-refractivity contribution in [3.8, 4) is 0 Å². The number of carbonyl (C=O) groups is 1. The molecule has 1 heterocycles. The predicted octanol–water partition coefficient (Wildman–Crippen LogP) is 1.14. The number of ether oxygens (including phenoxy) is 2. The van der Waals surface area contributed by atoms with E-state index in [1.807, 2.05) is 0 Å². The third-order valence-electron chi connectivity index (χ3n) is 3.84. The molecule has 14 heavy (non-hydrogen) atoms. The Labute approximate surface area is 83.1 Å². The molecule has 4 bridgehead atoms. The van der Waals surface area contributed by atoms with Crippen molar-refractivity contribution in [1.82, 2.24) is 0 Å². The molecular weight excluding hydrogens is 180 g/mol. The van der Waals surface area contributed by atoms with Gasteiger partial charge in [-0.2, -0.15) is 0 Å². The second-order valence-electron chi connectivity index (χ2n) is 4.49. The molecule has 0 radical (unpaired) electrons. The maximum absolute atomic E-state index is 11.5. The summed E-state index contributed by atoms with van der Waals surface area (Å²) in [6.45, 7) is 0.886. The highest BCUT2D eigenvalue weighted by atomic mass is 16.5. The van der Waals surface area contributed by atoms with Crippen LogP contribution in [0.5, 0.6) is 0 Å². The van der Waals surface area contributed by atoms with Crippen LogP contribution in [0.15, 0.2) is 11.6 Å². The van der Waals surface area contributed by atoms with Crippen LogP contribution in [0.2, 0.25) is 0 Å². The van der Waals surface area contributed by atoms with Crippen molar-refractivity contribution < 1.29 is 14.3 Å². The van der Waals surface area contributed by atoms with E-state index in [9.17, 15) is 4.79 Å². The van der Waals surface area contributed by atoms with E-state index in [1.165, 1.54) is 7.11 Å². The van der Waals surface area contributed by atoms with E-state index in [4.69, 9.17) is 9.47 Å². The molecule has 0 spiro atoms. The second-order valence-corrected chi connectivity index (χ2v) is 4.49. The van der Waals surface area contributed by atoms with Gasteiger partial charge in [-0.05, 0) is 24.7 Å². The summed E-state index contributed by atoms with van der Waals surface area (Å²) in [4.78, 5) is 11.5. The van der Waals surface area contributed by atoms with Gasteiger partial charge in [0.05, 0.1) is 19.8 Å². The Balaban J connectivity index is 1.93. The van der Waals surface area contributed by atoms with Gasteiger partial charge in [0.25, 0.3) is 0 Å². The molecule has 0 unspecified atom stereocenters. The zero-order valence-electron chi connectivity index (χ0n) is 8.23. The molecule has 0 aromatic heterocycles. The van der Waals surface area contributed by atoms with Crippen LogP contribution in [-0.2, 0) is 14.3 Å². The third-order valence-corrected chi connectivity index (χ3v) is 3.84. The Kier molecular flexibility index (Phi) is 1.71. The minimum absolute atomic E-state index is 0.140. The summed E-state index contributed by atoms with van der Waals surface area (Å²) in [6.07, 6.45) is 4.61. The molecule has 3 nitrogen and oxygen atoms in total. The number of methoxy groups -OCH3 is 1. The molecule has 0 amide bonds. The molecule has 3 aliphatic carbocycles. The van der Waals surface area contributed by atoms with Gasteiger partial charge in [-0.3, -0.25) is 0 Å². The van der Waals surface area contributed by atoms with Crippen LogP contribution in [-0.4, -0.2) is 25.8 Å². The minimum atomic E-state index is -0.140. The first-order valence-electron chi connectivity index (χ1n) is 5.21. The Bertz CT molecular complexity index is 294. The number of hydrogen-bond acceptors (Lipinski definition) is 3. The van der Waals surface area contributed by atoms with Gasteiger partial charge in [-0.25, -0.2) is 4.79 Å². The summed E-state index contributed by atoms with van der Waals surface area (Å²) in [7, 11) is 1.45. The molecule has 4 aliphatic rings. The third kappa shape index (κ3) is 0.989. The van der Waals surface area contributed by atoms with Gasteiger partial charge in [-0.1, -0.05) is 6.08 Å². The lowest BCUT2D eigenvalue weighted by atomic mass is 9.66. The number of carbonyl (C=O) groups excluding carboxylic acids is 1. The highest BCUT2D eigenvalue weighted by Crippen LogP contribution is 2.49. The molecular formula is C11H14O3. The maximum Gasteiger partial charge on any atom is 0.333 e. The molecule has 4 atom stereocenters. The van der Waals surface area contributed by atoms with Gasteiger partial charge >= 0.3 is 5.97 Å². The normalized spacial score (nSPS) is 43.6. The van der Waals surface area contributed by atoms with Gasteiger partial charge in [0, 0.05) is 11.5 Å².